The van der Waals surface area contributed by atoms with E-state index in [1.165, 1.54) is 0 Å². The summed E-state index contributed by atoms with van der Waals surface area (Å²) in [6.07, 6.45) is 0. The van der Waals surface area contributed by atoms with Crippen LogP contribution in [0.25, 0.3) is 148 Å². The summed E-state index contributed by atoms with van der Waals surface area (Å²) in [5.41, 5.74) is 9.45. The van der Waals surface area contributed by atoms with Gasteiger partial charge in [0.1, 0.15) is 0 Å². The monoisotopic (exact) mass is 963 g/mol. The van der Waals surface area contributed by atoms with Gasteiger partial charge in [-0.25, -0.2) is 0 Å². The molecule has 0 atom stereocenters. The maximum Gasteiger partial charge on any atom is 0.197 e. The Labute approximate surface area is 420 Å². The third kappa shape index (κ3) is 5.39. The molecule has 0 aliphatic carbocycles. The van der Waals surface area contributed by atoms with E-state index in [-0.39, 0.29) is 32.6 Å². The summed E-state index contributed by atoms with van der Waals surface area (Å²) in [5.74, 6) is 0. The number of rotatable bonds is 3. The molecule has 75 heavy (non-hydrogen) atoms. The molecule has 0 aliphatic heterocycles. The highest BCUT2D eigenvalue weighted by molar-refractivity contribution is 6.11. The minimum absolute atomic E-state index is 0.127. The SMILES string of the molecule is O=c1c2ccccc2n2c3ccc(-c4cc(-c5ccc6c(c5)c(=O)c5cccc7c(=O)c8ccccc8n6c75)cc(-c5ccc6c(c5)c(=O)c5cccc7c(=O)c8ccccc8n6c75)c4)cc3c(=O)c3cccc1c32. The first-order valence-corrected chi connectivity index (χ1v) is 24.6. The highest BCUT2D eigenvalue weighted by atomic mass is 16.1. The molecule has 16 aromatic rings. The highest BCUT2D eigenvalue weighted by Crippen LogP contribution is 2.38. The fourth-order valence-electron chi connectivity index (χ4n) is 12.4. The molecule has 0 aliphatic rings. The number of hydrogen-bond acceptors (Lipinski definition) is 6. The maximum atomic E-state index is 14.7. The quantitative estimate of drug-likeness (QED) is 0.129. The van der Waals surface area contributed by atoms with Crippen LogP contribution >= 0.6 is 0 Å². The zero-order chi connectivity index (χ0) is 50.1. The normalized spacial score (nSPS) is 12.3. The Kier molecular flexibility index (Phi) is 8.04. The van der Waals surface area contributed by atoms with Crippen LogP contribution in [0.5, 0.6) is 0 Å². The van der Waals surface area contributed by atoms with Crippen molar-refractivity contribution < 1.29 is 0 Å². The van der Waals surface area contributed by atoms with Gasteiger partial charge in [-0.1, -0.05) is 72.8 Å². The summed E-state index contributed by atoms with van der Waals surface area (Å²) in [6, 6.07) is 62.0. The van der Waals surface area contributed by atoms with Crippen LogP contribution in [-0.4, -0.2) is 13.2 Å². The Hall–Kier alpha value is -10.4. The Morgan fingerprint density at radius 3 is 0.693 bits per heavy atom. The molecule has 0 saturated carbocycles. The lowest BCUT2D eigenvalue weighted by Gasteiger charge is -2.17. The summed E-state index contributed by atoms with van der Waals surface area (Å²) in [6.45, 7) is 0. The lowest BCUT2D eigenvalue weighted by Crippen LogP contribution is -2.14. The topological polar surface area (TPSA) is 116 Å². The van der Waals surface area contributed by atoms with Crippen molar-refractivity contribution in [2.75, 3.05) is 0 Å². The highest BCUT2D eigenvalue weighted by Gasteiger charge is 2.22. The minimum Gasteiger partial charge on any atom is -0.308 e. The second-order valence-electron chi connectivity index (χ2n) is 19.6. The van der Waals surface area contributed by atoms with Gasteiger partial charge in [-0.05, 0) is 161 Å². The van der Waals surface area contributed by atoms with Crippen molar-refractivity contribution in [3.8, 4) is 33.4 Å². The van der Waals surface area contributed by atoms with Crippen LogP contribution < -0.4 is 32.6 Å². The van der Waals surface area contributed by atoms with Crippen molar-refractivity contribution >= 4 is 114 Å². The van der Waals surface area contributed by atoms with E-state index in [9.17, 15) is 28.8 Å². The van der Waals surface area contributed by atoms with Crippen molar-refractivity contribution in [3.63, 3.8) is 0 Å². The molecule has 16 rings (SSSR count). The molecule has 9 nitrogen and oxygen atoms in total. The van der Waals surface area contributed by atoms with Crippen molar-refractivity contribution in [1.82, 2.24) is 13.2 Å². The van der Waals surface area contributed by atoms with E-state index in [0.29, 0.717) is 114 Å². The van der Waals surface area contributed by atoms with E-state index in [1.54, 1.807) is 54.6 Å². The first-order chi connectivity index (χ1) is 36.7. The largest absolute Gasteiger partial charge is 0.308 e. The molecule has 9 heteroatoms. The minimum atomic E-state index is -0.196. The van der Waals surface area contributed by atoms with E-state index in [4.69, 9.17) is 0 Å². The molecule has 10 aromatic carbocycles. The van der Waals surface area contributed by atoms with E-state index in [1.807, 2.05) is 141 Å². The summed E-state index contributed by atoms with van der Waals surface area (Å²) in [5, 5.41) is 5.84. The lowest BCUT2D eigenvalue weighted by molar-refractivity contribution is 1.31. The van der Waals surface area contributed by atoms with Gasteiger partial charge in [0.05, 0.1) is 49.7 Å². The molecule has 0 fully saturated rings. The lowest BCUT2D eigenvalue weighted by atomic mass is 9.91. The molecule has 6 heterocycles. The summed E-state index contributed by atoms with van der Waals surface area (Å²) in [7, 11) is 0. The molecule has 0 radical (unpaired) electrons. The van der Waals surface area contributed by atoms with Gasteiger partial charge in [0.2, 0.25) is 0 Å². The van der Waals surface area contributed by atoms with Crippen LogP contribution in [0, 0.1) is 0 Å². The molecule has 0 saturated heterocycles. The number of aromatic nitrogens is 3. The molecule has 0 unspecified atom stereocenters. The molecule has 0 spiro atoms. The van der Waals surface area contributed by atoms with Gasteiger partial charge in [-0.15, -0.1) is 0 Å². The molecule has 0 amide bonds. The maximum absolute atomic E-state index is 14.7. The van der Waals surface area contributed by atoms with Crippen molar-refractivity contribution in [2.24, 2.45) is 0 Å². The molecular formula is C66H33N3O6. The molecular weight excluding hydrogens is 931 g/mol. The third-order valence-corrected chi connectivity index (χ3v) is 15.8. The van der Waals surface area contributed by atoms with Crippen LogP contribution in [0.4, 0.5) is 0 Å². The van der Waals surface area contributed by atoms with Gasteiger partial charge < -0.3 is 13.2 Å². The second kappa shape index (κ2) is 14.6. The second-order valence-corrected chi connectivity index (χ2v) is 19.6. The fourth-order valence-corrected chi connectivity index (χ4v) is 12.4. The Morgan fingerprint density at radius 1 is 0.187 bits per heavy atom. The number of hydrogen-bond donors (Lipinski definition) is 0. The zero-order valence-corrected chi connectivity index (χ0v) is 39.3. The smallest absolute Gasteiger partial charge is 0.197 e. The van der Waals surface area contributed by atoms with E-state index < -0.39 is 0 Å². The van der Waals surface area contributed by atoms with Crippen LogP contribution in [0.1, 0.15) is 0 Å². The number of benzene rings is 10. The van der Waals surface area contributed by atoms with Gasteiger partial charge in [0, 0.05) is 64.6 Å². The van der Waals surface area contributed by atoms with E-state index in [2.05, 4.69) is 18.2 Å². The van der Waals surface area contributed by atoms with Gasteiger partial charge >= 0.3 is 0 Å². The Morgan fingerprint density at radius 2 is 0.413 bits per heavy atom. The molecule has 6 aromatic heterocycles. The van der Waals surface area contributed by atoms with Crippen LogP contribution in [0.3, 0.4) is 0 Å². The first-order valence-electron chi connectivity index (χ1n) is 24.6. The standard InChI is InChI=1S/C66H33N3O6/c70-61-40-10-1-4-19-52(40)67-55-25-22-34(31-49(55)64(73)46-16-7-13-43(61)58(46)67)37-28-38(35-23-26-56-50(32-35)65(74)47-17-8-14-44-59(47)68(56)53-20-5-2-11-41(53)62(44)71)30-39(29-37)36-24-27-57-51(33-36)66(75)48-18-9-15-45-60(48)69(57)54-21-6-3-12-42(54)63(45)72/h1-33H. The predicted octanol–water partition coefficient (Wildman–Crippen LogP) is 12.3. The van der Waals surface area contributed by atoms with Gasteiger partial charge in [0.25, 0.3) is 0 Å². The average molecular weight is 964 g/mol. The fraction of sp³-hybridized carbons (Fsp3) is 0. The molecule has 0 N–H and O–H groups in total. The van der Waals surface area contributed by atoms with Crippen LogP contribution in [0.2, 0.25) is 0 Å². The average Bonchev–Trinajstić information content (AvgIpc) is 3.55. The molecule has 0 bridgehead atoms. The van der Waals surface area contributed by atoms with Crippen LogP contribution in [-0.2, 0) is 0 Å². The number of para-hydroxylation sites is 6. The summed E-state index contributed by atoms with van der Waals surface area (Å²) < 4.78 is 6.06. The van der Waals surface area contributed by atoms with E-state index in [0.717, 1.165) is 33.4 Å². The molecule has 348 valence electrons. The summed E-state index contributed by atoms with van der Waals surface area (Å²) >= 11 is 0. The first kappa shape index (κ1) is 41.3. The Bertz CT molecular complexity index is 5130. The third-order valence-electron chi connectivity index (χ3n) is 15.8. The van der Waals surface area contributed by atoms with Gasteiger partial charge in [-0.2, -0.15) is 0 Å². The van der Waals surface area contributed by atoms with Crippen molar-refractivity contribution in [3.05, 3.63) is 262 Å². The Balaban J connectivity index is 0.978. The number of pyridine rings is 6. The number of fused-ring (bicyclic) bond motifs is 12. The number of nitrogens with zero attached hydrogens (tertiary/aromatic N) is 3. The van der Waals surface area contributed by atoms with Crippen molar-refractivity contribution in [1.29, 1.82) is 0 Å². The van der Waals surface area contributed by atoms with Gasteiger partial charge in [0.15, 0.2) is 32.6 Å². The zero-order valence-electron chi connectivity index (χ0n) is 39.3. The van der Waals surface area contributed by atoms with Crippen LogP contribution in [0.15, 0.2) is 229 Å². The van der Waals surface area contributed by atoms with Gasteiger partial charge in [-0.3, -0.25) is 28.8 Å². The van der Waals surface area contributed by atoms with Crippen molar-refractivity contribution in [2.45, 2.75) is 0 Å². The van der Waals surface area contributed by atoms with E-state index >= 15 is 0 Å². The summed E-state index contributed by atoms with van der Waals surface area (Å²) in [4.78, 5) is 85.6. The predicted molar refractivity (Wildman–Crippen MR) is 304 cm³/mol.